The Hall–Kier alpha value is -2.82. The average Bonchev–Trinajstić information content (AvgIpc) is 2.78. The lowest BCUT2D eigenvalue weighted by atomic mass is 10.2. The Morgan fingerprint density at radius 3 is 2.17 bits per heavy atom. The molecule has 0 aliphatic carbocycles. The van der Waals surface area contributed by atoms with E-state index in [9.17, 15) is 13.2 Å². The number of morpholine rings is 1. The maximum absolute atomic E-state index is 13.1. The van der Waals surface area contributed by atoms with Crippen molar-refractivity contribution in [1.82, 2.24) is 4.31 Å². The minimum Gasteiger partial charge on any atom is -0.493 e. The largest absolute Gasteiger partial charge is 0.493 e. The number of sulfonamides is 1. The molecule has 2 aromatic rings. The highest BCUT2D eigenvalue weighted by Crippen LogP contribution is 2.40. The molecule has 10 heteroatoms. The molecular weight excluding hydrogens is 412 g/mol. The summed E-state index contributed by atoms with van der Waals surface area (Å²) < 4.78 is 48.6. The second kappa shape index (κ2) is 9.33. The van der Waals surface area contributed by atoms with Gasteiger partial charge in [0.15, 0.2) is 11.5 Å². The van der Waals surface area contributed by atoms with Crippen molar-refractivity contribution in [2.24, 2.45) is 0 Å². The minimum absolute atomic E-state index is 0.0396. The van der Waals surface area contributed by atoms with Gasteiger partial charge in [-0.15, -0.1) is 0 Å². The van der Waals surface area contributed by atoms with Gasteiger partial charge in [0.1, 0.15) is 0 Å². The van der Waals surface area contributed by atoms with Crippen LogP contribution in [0.2, 0.25) is 0 Å². The van der Waals surface area contributed by atoms with E-state index >= 15 is 0 Å². The molecule has 2 aromatic carbocycles. The lowest BCUT2D eigenvalue weighted by Gasteiger charge is -2.26. The van der Waals surface area contributed by atoms with Gasteiger partial charge >= 0.3 is 0 Å². The van der Waals surface area contributed by atoms with Crippen LogP contribution >= 0.6 is 0 Å². The number of hydrogen-bond acceptors (Lipinski definition) is 7. The third kappa shape index (κ3) is 4.35. The summed E-state index contributed by atoms with van der Waals surface area (Å²) in [5.74, 6) is 0.535. The van der Waals surface area contributed by atoms with Crippen LogP contribution in [0, 0.1) is 0 Å². The highest BCUT2D eigenvalue weighted by Gasteiger charge is 2.30. The number of nitrogens with one attached hydrogen (secondary N) is 1. The number of carbonyl (C=O) groups is 1. The first kappa shape index (κ1) is 21.9. The van der Waals surface area contributed by atoms with E-state index in [1.807, 2.05) is 0 Å². The van der Waals surface area contributed by atoms with Crippen molar-refractivity contribution < 1.29 is 32.2 Å². The monoisotopic (exact) mass is 436 g/mol. The van der Waals surface area contributed by atoms with Gasteiger partial charge in [0.2, 0.25) is 15.8 Å². The Morgan fingerprint density at radius 2 is 1.60 bits per heavy atom. The van der Waals surface area contributed by atoms with Crippen molar-refractivity contribution in [1.29, 1.82) is 0 Å². The summed E-state index contributed by atoms with van der Waals surface area (Å²) >= 11 is 0. The highest BCUT2D eigenvalue weighted by molar-refractivity contribution is 7.89. The van der Waals surface area contributed by atoms with E-state index in [0.717, 1.165) is 0 Å². The molecule has 3 rings (SSSR count). The molecule has 0 radical (unpaired) electrons. The first-order valence-corrected chi connectivity index (χ1v) is 10.6. The maximum Gasteiger partial charge on any atom is 0.257 e. The first-order valence-electron chi connectivity index (χ1n) is 9.20. The summed E-state index contributed by atoms with van der Waals surface area (Å²) in [4.78, 5) is 12.9. The van der Waals surface area contributed by atoms with Crippen molar-refractivity contribution in [3.63, 3.8) is 0 Å². The fourth-order valence-electron chi connectivity index (χ4n) is 3.16. The predicted molar refractivity (Wildman–Crippen MR) is 110 cm³/mol. The number of anilines is 1. The number of amides is 1. The van der Waals surface area contributed by atoms with Crippen LogP contribution in [0.4, 0.5) is 5.69 Å². The lowest BCUT2D eigenvalue weighted by Crippen LogP contribution is -2.41. The summed E-state index contributed by atoms with van der Waals surface area (Å²) in [7, 11) is 0.565. The van der Waals surface area contributed by atoms with Crippen LogP contribution in [0.15, 0.2) is 41.3 Å². The van der Waals surface area contributed by atoms with Gasteiger partial charge < -0.3 is 24.3 Å². The van der Waals surface area contributed by atoms with E-state index in [4.69, 9.17) is 18.9 Å². The Kier molecular flexibility index (Phi) is 6.80. The fourth-order valence-corrected chi connectivity index (χ4v) is 4.75. The topological polar surface area (TPSA) is 103 Å². The van der Waals surface area contributed by atoms with Gasteiger partial charge in [0.25, 0.3) is 5.91 Å². The summed E-state index contributed by atoms with van der Waals surface area (Å²) in [6.07, 6.45) is 0. The van der Waals surface area contributed by atoms with Gasteiger partial charge in [0.05, 0.1) is 45.0 Å². The van der Waals surface area contributed by atoms with Crippen molar-refractivity contribution in [3.05, 3.63) is 42.0 Å². The number of nitrogens with zero attached hydrogens (tertiary/aromatic N) is 1. The second-order valence-electron chi connectivity index (χ2n) is 6.38. The predicted octanol–water partition coefficient (Wildman–Crippen LogP) is 1.99. The Morgan fingerprint density at radius 1 is 1.00 bits per heavy atom. The highest BCUT2D eigenvalue weighted by atomic mass is 32.2. The molecule has 0 atom stereocenters. The quantitative estimate of drug-likeness (QED) is 0.708. The van der Waals surface area contributed by atoms with Gasteiger partial charge in [-0.2, -0.15) is 4.31 Å². The van der Waals surface area contributed by atoms with Crippen molar-refractivity contribution in [2.45, 2.75) is 4.90 Å². The number of carbonyl (C=O) groups excluding carboxylic acids is 1. The van der Waals surface area contributed by atoms with Gasteiger partial charge in [-0.3, -0.25) is 4.79 Å². The van der Waals surface area contributed by atoms with Crippen molar-refractivity contribution >= 4 is 21.6 Å². The van der Waals surface area contributed by atoms with Crippen LogP contribution in [0.5, 0.6) is 17.2 Å². The molecule has 0 bridgehead atoms. The number of methoxy groups -OCH3 is 3. The Bertz CT molecular complexity index is 993. The molecule has 1 aliphatic heterocycles. The van der Waals surface area contributed by atoms with Crippen LogP contribution in [0.3, 0.4) is 0 Å². The number of rotatable bonds is 7. The number of ether oxygens (including phenoxy) is 4. The summed E-state index contributed by atoms with van der Waals surface area (Å²) in [6, 6.07) is 9.23. The third-order valence-electron chi connectivity index (χ3n) is 4.64. The third-order valence-corrected chi connectivity index (χ3v) is 6.60. The number of hydrogen-bond donors (Lipinski definition) is 1. The standard InChI is InChI=1S/C20H24N2O7S/c1-26-16-12-14(13-17(27-2)19(16)28-3)21-20(23)15-6-4-5-7-18(15)30(24,25)22-8-10-29-11-9-22/h4-7,12-13H,8-11H2,1-3H3,(H,21,23). The van der Waals surface area contributed by atoms with Crippen LogP contribution < -0.4 is 19.5 Å². The molecule has 162 valence electrons. The zero-order valence-electron chi connectivity index (χ0n) is 17.0. The normalized spacial score (nSPS) is 14.8. The van der Waals surface area contributed by atoms with E-state index in [-0.39, 0.29) is 23.5 Å². The lowest BCUT2D eigenvalue weighted by molar-refractivity contribution is 0.0730. The zero-order chi connectivity index (χ0) is 21.7. The van der Waals surface area contributed by atoms with E-state index in [0.29, 0.717) is 36.1 Å². The van der Waals surface area contributed by atoms with E-state index < -0.39 is 15.9 Å². The summed E-state index contributed by atoms with van der Waals surface area (Å²) in [5, 5.41) is 2.71. The molecule has 1 saturated heterocycles. The van der Waals surface area contributed by atoms with Crippen LogP contribution in [-0.2, 0) is 14.8 Å². The number of benzene rings is 2. The molecule has 0 spiro atoms. The van der Waals surface area contributed by atoms with Crippen LogP contribution in [-0.4, -0.2) is 66.3 Å². The Balaban J connectivity index is 1.94. The SMILES string of the molecule is COc1cc(NC(=O)c2ccccc2S(=O)(=O)N2CCOCC2)cc(OC)c1OC. The molecule has 30 heavy (non-hydrogen) atoms. The van der Waals surface area contributed by atoms with Gasteiger partial charge in [-0.1, -0.05) is 12.1 Å². The zero-order valence-corrected chi connectivity index (χ0v) is 17.8. The van der Waals surface area contributed by atoms with Gasteiger partial charge in [-0.25, -0.2) is 8.42 Å². The minimum atomic E-state index is -3.84. The van der Waals surface area contributed by atoms with Crippen LogP contribution in [0.1, 0.15) is 10.4 Å². The van der Waals surface area contributed by atoms with E-state index in [1.54, 1.807) is 24.3 Å². The molecule has 0 unspecified atom stereocenters. The van der Waals surface area contributed by atoms with Crippen LogP contribution in [0.25, 0.3) is 0 Å². The summed E-state index contributed by atoms with van der Waals surface area (Å²) in [5.41, 5.74) is 0.408. The van der Waals surface area contributed by atoms with Gasteiger partial charge in [-0.05, 0) is 12.1 Å². The van der Waals surface area contributed by atoms with E-state index in [2.05, 4.69) is 5.32 Å². The molecule has 1 amide bonds. The molecule has 0 saturated carbocycles. The fraction of sp³-hybridized carbons (Fsp3) is 0.350. The summed E-state index contributed by atoms with van der Waals surface area (Å²) in [6.45, 7) is 1.12. The van der Waals surface area contributed by atoms with Crippen molar-refractivity contribution in [3.8, 4) is 17.2 Å². The second-order valence-corrected chi connectivity index (χ2v) is 8.29. The maximum atomic E-state index is 13.1. The van der Waals surface area contributed by atoms with E-state index in [1.165, 1.54) is 37.8 Å². The molecule has 1 heterocycles. The molecule has 1 fully saturated rings. The smallest absolute Gasteiger partial charge is 0.257 e. The Labute approximate surface area is 175 Å². The molecule has 1 aliphatic rings. The molecular formula is C20H24N2O7S. The molecule has 9 nitrogen and oxygen atoms in total. The molecule has 0 aromatic heterocycles. The first-order chi connectivity index (χ1) is 14.4. The molecule has 1 N–H and O–H groups in total. The average molecular weight is 436 g/mol. The van der Waals surface area contributed by atoms with Gasteiger partial charge in [0, 0.05) is 30.9 Å². The van der Waals surface area contributed by atoms with Crippen molar-refractivity contribution in [2.75, 3.05) is 52.9 Å².